The maximum Gasteiger partial charge on any atom is 0.160 e. The maximum atomic E-state index is 10.7. The van der Waals surface area contributed by atoms with Gasteiger partial charge in [0.15, 0.2) is 11.5 Å². The molecule has 0 aliphatic carbocycles. The Morgan fingerprint density at radius 2 is 1.43 bits per heavy atom. The van der Waals surface area contributed by atoms with Gasteiger partial charge in [0.25, 0.3) is 0 Å². The predicted octanol–water partition coefficient (Wildman–Crippen LogP) is 7.29. The van der Waals surface area contributed by atoms with Crippen molar-refractivity contribution in [1.29, 1.82) is 0 Å². The number of aliphatic hydroxyl groups is 1. The first kappa shape index (κ1) is 26.0. The summed E-state index contributed by atoms with van der Waals surface area (Å²) >= 11 is 0. The zero-order valence-corrected chi connectivity index (χ0v) is 19.9. The quantitative estimate of drug-likeness (QED) is 0.248. The van der Waals surface area contributed by atoms with Gasteiger partial charge in [-0.15, -0.1) is 0 Å². The van der Waals surface area contributed by atoms with E-state index in [4.69, 9.17) is 0 Å². The minimum Gasteiger partial charge on any atom is -0.504 e. The Labute approximate surface area is 183 Å². The van der Waals surface area contributed by atoms with Gasteiger partial charge in [-0.05, 0) is 110 Å². The Morgan fingerprint density at radius 3 is 2.03 bits per heavy atom. The summed E-state index contributed by atoms with van der Waals surface area (Å²) in [7, 11) is 0. The first-order chi connectivity index (χ1) is 14.0. The van der Waals surface area contributed by atoms with Crippen LogP contribution in [0.3, 0.4) is 0 Å². The van der Waals surface area contributed by atoms with E-state index >= 15 is 0 Å². The summed E-state index contributed by atoms with van der Waals surface area (Å²) in [4.78, 5) is 0. The fourth-order valence-corrected chi connectivity index (χ4v) is 3.52. The van der Waals surface area contributed by atoms with Crippen LogP contribution in [0, 0.1) is 6.92 Å². The smallest absolute Gasteiger partial charge is 0.160 e. The van der Waals surface area contributed by atoms with Crippen LogP contribution in [0.1, 0.15) is 90.7 Å². The summed E-state index contributed by atoms with van der Waals surface area (Å²) in [6.07, 6.45) is 13.8. The Hall–Kier alpha value is -2.00. The second-order valence-corrected chi connectivity index (χ2v) is 9.29. The average Bonchev–Trinajstić information content (AvgIpc) is 2.63. The molecule has 0 fully saturated rings. The lowest BCUT2D eigenvalue weighted by atomic mass is 9.91. The van der Waals surface area contributed by atoms with E-state index in [9.17, 15) is 15.3 Å². The minimum absolute atomic E-state index is 0.0728. The fourth-order valence-electron chi connectivity index (χ4n) is 3.52. The van der Waals surface area contributed by atoms with Crippen LogP contribution in [-0.4, -0.2) is 20.9 Å². The molecule has 0 bridgehead atoms. The van der Waals surface area contributed by atoms with E-state index in [1.807, 2.05) is 19.9 Å². The lowest BCUT2D eigenvalue weighted by molar-refractivity contribution is 0.0431. The monoisotopic (exact) mass is 414 g/mol. The summed E-state index contributed by atoms with van der Waals surface area (Å²) < 4.78 is 0. The molecule has 1 aromatic carbocycles. The average molecular weight is 415 g/mol. The van der Waals surface area contributed by atoms with E-state index < -0.39 is 5.60 Å². The molecule has 3 heteroatoms. The molecule has 1 aromatic rings. The molecular formula is C27H42O3. The van der Waals surface area contributed by atoms with E-state index in [-0.39, 0.29) is 11.5 Å². The van der Waals surface area contributed by atoms with Gasteiger partial charge < -0.3 is 15.3 Å². The molecule has 3 nitrogen and oxygen atoms in total. The molecule has 3 N–H and O–H groups in total. The lowest BCUT2D eigenvalue weighted by Gasteiger charge is -2.23. The van der Waals surface area contributed by atoms with Crippen molar-refractivity contribution in [2.45, 2.75) is 98.5 Å². The first-order valence-electron chi connectivity index (χ1n) is 11.2. The van der Waals surface area contributed by atoms with Gasteiger partial charge in [-0.2, -0.15) is 0 Å². The topological polar surface area (TPSA) is 60.7 Å². The van der Waals surface area contributed by atoms with Gasteiger partial charge in [0.2, 0.25) is 0 Å². The van der Waals surface area contributed by atoms with Gasteiger partial charge in [0.05, 0.1) is 5.60 Å². The number of hydrogen-bond acceptors (Lipinski definition) is 3. The van der Waals surface area contributed by atoms with Crippen molar-refractivity contribution in [2.75, 3.05) is 0 Å². The summed E-state index contributed by atoms with van der Waals surface area (Å²) in [5, 5.41) is 30.5. The molecule has 0 aliphatic heterocycles. The van der Waals surface area contributed by atoms with Crippen molar-refractivity contribution in [3.05, 3.63) is 58.2 Å². The largest absolute Gasteiger partial charge is 0.504 e. The molecular weight excluding hydrogens is 372 g/mol. The highest BCUT2D eigenvalue weighted by Crippen LogP contribution is 2.32. The molecule has 1 unspecified atom stereocenters. The maximum absolute atomic E-state index is 10.7. The van der Waals surface area contributed by atoms with Gasteiger partial charge in [-0.25, -0.2) is 0 Å². The highest BCUT2D eigenvalue weighted by Gasteiger charge is 2.20. The van der Waals surface area contributed by atoms with E-state index in [1.165, 1.54) is 16.7 Å². The zero-order valence-electron chi connectivity index (χ0n) is 19.9. The molecule has 0 aromatic heterocycles. The molecule has 0 spiro atoms. The molecule has 0 radical (unpaired) electrons. The molecule has 0 aliphatic rings. The molecule has 0 heterocycles. The Kier molecular flexibility index (Phi) is 11.0. The second kappa shape index (κ2) is 12.6. The van der Waals surface area contributed by atoms with E-state index in [0.29, 0.717) is 24.8 Å². The molecule has 0 saturated carbocycles. The summed E-state index contributed by atoms with van der Waals surface area (Å²) in [6, 6.07) is 3.41. The molecule has 1 rings (SSSR count). The van der Waals surface area contributed by atoms with E-state index in [2.05, 4.69) is 45.9 Å². The Morgan fingerprint density at radius 1 is 0.867 bits per heavy atom. The van der Waals surface area contributed by atoms with Gasteiger partial charge in [-0.1, -0.05) is 41.0 Å². The third kappa shape index (κ3) is 10.7. The van der Waals surface area contributed by atoms with Crippen molar-refractivity contribution in [3.8, 4) is 11.5 Å². The standard InChI is InChI=1S/C27H42O3/c1-20(2)10-7-11-21(3)12-8-13-22(4)14-9-16-27(6,30)17-15-24-18-23(5)19-25(28)26(24)29/h10,12,14,18-19,28-30H,7-9,11,13,15-17H2,1-6H3/b21-12+,22-14+. The number of benzene rings is 1. The number of rotatable bonds is 12. The van der Waals surface area contributed by atoms with Crippen LogP contribution >= 0.6 is 0 Å². The van der Waals surface area contributed by atoms with Crippen molar-refractivity contribution in [3.63, 3.8) is 0 Å². The SMILES string of the molecule is CC(C)=CCC/C(C)=C/CC/C(C)=C/CCC(C)(O)CCc1cc(C)cc(O)c1O. The number of aryl methyl sites for hydroxylation is 2. The van der Waals surface area contributed by atoms with Crippen LogP contribution < -0.4 is 0 Å². The number of phenols is 2. The van der Waals surface area contributed by atoms with E-state index in [1.54, 1.807) is 6.07 Å². The Bertz CT molecular complexity index is 763. The van der Waals surface area contributed by atoms with Crippen molar-refractivity contribution >= 4 is 0 Å². The van der Waals surface area contributed by atoms with Crippen LogP contribution in [0.25, 0.3) is 0 Å². The van der Waals surface area contributed by atoms with Gasteiger partial charge in [0.1, 0.15) is 0 Å². The van der Waals surface area contributed by atoms with Crippen LogP contribution in [0.15, 0.2) is 47.1 Å². The van der Waals surface area contributed by atoms with Gasteiger partial charge >= 0.3 is 0 Å². The third-order valence-corrected chi connectivity index (χ3v) is 5.54. The molecule has 30 heavy (non-hydrogen) atoms. The number of allylic oxidation sites excluding steroid dienone is 6. The van der Waals surface area contributed by atoms with Crippen molar-refractivity contribution in [2.24, 2.45) is 0 Å². The van der Waals surface area contributed by atoms with Crippen LogP contribution in [-0.2, 0) is 6.42 Å². The van der Waals surface area contributed by atoms with Crippen molar-refractivity contribution in [1.82, 2.24) is 0 Å². The summed E-state index contributed by atoms with van der Waals surface area (Å²) in [6.45, 7) is 12.4. The number of phenolic OH excluding ortho intramolecular Hbond substituents is 2. The molecule has 1 atom stereocenters. The predicted molar refractivity (Wildman–Crippen MR) is 128 cm³/mol. The Balaban J connectivity index is 2.41. The van der Waals surface area contributed by atoms with E-state index in [0.717, 1.165) is 37.7 Å². The van der Waals surface area contributed by atoms with Crippen LogP contribution in [0.2, 0.25) is 0 Å². The first-order valence-corrected chi connectivity index (χ1v) is 11.2. The van der Waals surface area contributed by atoms with Crippen LogP contribution in [0.5, 0.6) is 11.5 Å². The number of hydrogen-bond donors (Lipinski definition) is 3. The fraction of sp³-hybridized carbons (Fsp3) is 0.556. The third-order valence-electron chi connectivity index (χ3n) is 5.54. The summed E-state index contributed by atoms with van der Waals surface area (Å²) in [5.74, 6) is -0.166. The molecule has 0 saturated heterocycles. The highest BCUT2D eigenvalue weighted by atomic mass is 16.3. The second-order valence-electron chi connectivity index (χ2n) is 9.29. The molecule has 168 valence electrons. The zero-order chi connectivity index (χ0) is 22.7. The normalized spacial score (nSPS) is 14.5. The number of aromatic hydroxyl groups is 2. The highest BCUT2D eigenvalue weighted by molar-refractivity contribution is 5.47. The van der Waals surface area contributed by atoms with Gasteiger partial charge in [0, 0.05) is 0 Å². The van der Waals surface area contributed by atoms with Crippen LogP contribution in [0.4, 0.5) is 0 Å². The molecule has 0 amide bonds. The lowest BCUT2D eigenvalue weighted by Crippen LogP contribution is -2.24. The van der Waals surface area contributed by atoms with Gasteiger partial charge in [-0.3, -0.25) is 0 Å². The minimum atomic E-state index is -0.802. The summed E-state index contributed by atoms with van der Waals surface area (Å²) in [5.41, 5.74) is 4.98. The van der Waals surface area contributed by atoms with Crippen molar-refractivity contribution < 1.29 is 15.3 Å².